The van der Waals surface area contributed by atoms with E-state index in [-0.39, 0.29) is 18.6 Å². The SMILES string of the molecule is CCOC(=O)c1ccc2c(c1)NC(=O)C2=C(Nc1ccc(C(N)CCOC)cc1)c1ccccc1. The highest BCUT2D eigenvalue weighted by Crippen LogP contribution is 2.38. The van der Waals surface area contributed by atoms with E-state index < -0.39 is 5.97 Å². The number of amides is 1. The van der Waals surface area contributed by atoms with Crippen molar-refractivity contribution in [3.8, 4) is 0 Å². The van der Waals surface area contributed by atoms with Crippen molar-refractivity contribution in [1.82, 2.24) is 0 Å². The third-order valence-electron chi connectivity index (χ3n) is 5.83. The number of carbonyl (C=O) groups is 2. The second kappa shape index (κ2) is 11.0. The lowest BCUT2D eigenvalue weighted by molar-refractivity contribution is -0.110. The van der Waals surface area contributed by atoms with Crippen molar-refractivity contribution in [2.24, 2.45) is 5.73 Å². The van der Waals surface area contributed by atoms with Crippen LogP contribution < -0.4 is 16.4 Å². The smallest absolute Gasteiger partial charge is 0.338 e. The Morgan fingerprint density at radius 3 is 2.46 bits per heavy atom. The lowest BCUT2D eigenvalue weighted by atomic mass is 9.98. The summed E-state index contributed by atoms with van der Waals surface area (Å²) in [7, 11) is 1.66. The minimum atomic E-state index is -0.424. The number of anilines is 2. The molecular formula is C28H29N3O4. The first kappa shape index (κ1) is 24.2. The number of fused-ring (bicyclic) bond motifs is 1. The Morgan fingerprint density at radius 1 is 1.03 bits per heavy atom. The van der Waals surface area contributed by atoms with E-state index in [1.807, 2.05) is 54.6 Å². The first-order valence-electron chi connectivity index (χ1n) is 11.6. The number of benzene rings is 3. The van der Waals surface area contributed by atoms with E-state index in [1.54, 1.807) is 32.2 Å². The molecule has 180 valence electrons. The van der Waals surface area contributed by atoms with Gasteiger partial charge in [-0.25, -0.2) is 4.79 Å². The number of ether oxygens (including phenoxy) is 2. The van der Waals surface area contributed by atoms with Crippen LogP contribution in [0.15, 0.2) is 72.8 Å². The number of hydrogen-bond donors (Lipinski definition) is 3. The number of nitrogens with two attached hydrogens (primary N) is 1. The van der Waals surface area contributed by atoms with Crippen LogP contribution in [-0.4, -0.2) is 32.2 Å². The van der Waals surface area contributed by atoms with E-state index in [9.17, 15) is 9.59 Å². The lowest BCUT2D eigenvalue weighted by Crippen LogP contribution is -2.13. The summed E-state index contributed by atoms with van der Waals surface area (Å²) in [5, 5.41) is 6.33. The Labute approximate surface area is 204 Å². The number of carbonyl (C=O) groups excluding carboxylic acids is 2. The Balaban J connectivity index is 1.71. The first-order chi connectivity index (χ1) is 17.0. The molecule has 0 spiro atoms. The number of nitrogens with one attached hydrogen (secondary N) is 2. The summed E-state index contributed by atoms with van der Waals surface area (Å²) in [5.41, 5.74) is 11.8. The minimum absolute atomic E-state index is 0.114. The molecule has 4 N–H and O–H groups in total. The van der Waals surface area contributed by atoms with E-state index in [0.29, 0.717) is 34.7 Å². The fourth-order valence-electron chi connectivity index (χ4n) is 4.02. The Morgan fingerprint density at radius 2 is 1.77 bits per heavy atom. The van der Waals surface area contributed by atoms with Crippen molar-refractivity contribution >= 4 is 34.5 Å². The van der Waals surface area contributed by atoms with Gasteiger partial charge in [-0.2, -0.15) is 0 Å². The van der Waals surface area contributed by atoms with Crippen molar-refractivity contribution in [2.75, 3.05) is 31.0 Å². The number of esters is 1. The van der Waals surface area contributed by atoms with Gasteiger partial charge in [0.15, 0.2) is 0 Å². The molecule has 0 saturated carbocycles. The van der Waals surface area contributed by atoms with Gasteiger partial charge in [-0.3, -0.25) is 4.79 Å². The highest BCUT2D eigenvalue weighted by Gasteiger charge is 2.29. The summed E-state index contributed by atoms with van der Waals surface area (Å²) in [4.78, 5) is 25.3. The number of methoxy groups -OCH3 is 1. The first-order valence-corrected chi connectivity index (χ1v) is 11.6. The molecule has 1 atom stereocenters. The molecule has 7 nitrogen and oxygen atoms in total. The maximum atomic E-state index is 13.1. The van der Waals surface area contributed by atoms with Crippen LogP contribution in [0.5, 0.6) is 0 Å². The second-order valence-corrected chi connectivity index (χ2v) is 8.19. The maximum absolute atomic E-state index is 13.1. The summed E-state index contributed by atoms with van der Waals surface area (Å²) < 4.78 is 10.2. The molecule has 1 amide bonds. The van der Waals surface area contributed by atoms with Crippen molar-refractivity contribution in [2.45, 2.75) is 19.4 Å². The van der Waals surface area contributed by atoms with Crippen LogP contribution in [0.25, 0.3) is 11.3 Å². The molecule has 4 rings (SSSR count). The lowest BCUT2D eigenvalue weighted by Gasteiger charge is -2.16. The van der Waals surface area contributed by atoms with Crippen LogP contribution in [0.2, 0.25) is 0 Å². The van der Waals surface area contributed by atoms with Gasteiger partial charge in [-0.15, -0.1) is 0 Å². The molecule has 1 unspecified atom stereocenters. The van der Waals surface area contributed by atoms with E-state index >= 15 is 0 Å². The molecule has 1 aliphatic rings. The van der Waals surface area contributed by atoms with Crippen molar-refractivity contribution in [3.63, 3.8) is 0 Å². The van der Waals surface area contributed by atoms with Gasteiger partial charge in [0.25, 0.3) is 5.91 Å². The van der Waals surface area contributed by atoms with Crippen molar-refractivity contribution in [1.29, 1.82) is 0 Å². The quantitative estimate of drug-likeness (QED) is 0.305. The predicted molar refractivity (Wildman–Crippen MR) is 138 cm³/mol. The molecule has 0 aliphatic carbocycles. The monoisotopic (exact) mass is 471 g/mol. The van der Waals surface area contributed by atoms with Crippen LogP contribution in [-0.2, 0) is 14.3 Å². The normalized spacial score (nSPS) is 14.7. The van der Waals surface area contributed by atoms with Gasteiger partial charge < -0.3 is 25.8 Å². The fraction of sp³-hybridized carbons (Fsp3) is 0.214. The van der Waals surface area contributed by atoms with Crippen LogP contribution in [0.3, 0.4) is 0 Å². The van der Waals surface area contributed by atoms with Crippen LogP contribution >= 0.6 is 0 Å². The molecule has 3 aromatic carbocycles. The molecule has 0 saturated heterocycles. The van der Waals surface area contributed by atoms with Crippen molar-refractivity contribution in [3.05, 3.63) is 95.1 Å². The van der Waals surface area contributed by atoms with E-state index in [1.165, 1.54) is 0 Å². The molecule has 0 aromatic heterocycles. The van der Waals surface area contributed by atoms with Crippen molar-refractivity contribution < 1.29 is 19.1 Å². The Bertz CT molecular complexity index is 1240. The zero-order valence-electron chi connectivity index (χ0n) is 19.8. The summed E-state index contributed by atoms with van der Waals surface area (Å²) in [6.45, 7) is 2.63. The second-order valence-electron chi connectivity index (χ2n) is 8.19. The summed E-state index contributed by atoms with van der Waals surface area (Å²) in [6, 6.07) is 22.5. The predicted octanol–water partition coefficient (Wildman–Crippen LogP) is 4.83. The average molecular weight is 472 g/mol. The Hall–Kier alpha value is -3.94. The van der Waals surface area contributed by atoms with Gasteiger partial charge in [0.05, 0.1) is 29.1 Å². The van der Waals surface area contributed by atoms with Crippen LogP contribution in [0, 0.1) is 0 Å². The summed E-state index contributed by atoms with van der Waals surface area (Å²) in [5.74, 6) is -0.669. The largest absolute Gasteiger partial charge is 0.462 e. The molecular weight excluding hydrogens is 442 g/mol. The van der Waals surface area contributed by atoms with Gasteiger partial charge in [0, 0.05) is 31.0 Å². The Kier molecular flexibility index (Phi) is 7.60. The molecule has 0 radical (unpaired) electrons. The molecule has 0 bridgehead atoms. The van der Waals surface area contributed by atoms with Gasteiger partial charge >= 0.3 is 5.97 Å². The topological polar surface area (TPSA) is 103 Å². The van der Waals surface area contributed by atoms with Crippen LogP contribution in [0.4, 0.5) is 11.4 Å². The van der Waals surface area contributed by atoms with Gasteiger partial charge in [-0.05, 0) is 48.7 Å². The summed E-state index contributed by atoms with van der Waals surface area (Å²) in [6.07, 6.45) is 0.729. The molecule has 3 aromatic rings. The zero-order chi connectivity index (χ0) is 24.8. The standard InChI is InChI=1S/C28H29N3O4/c1-3-35-28(33)20-11-14-22-24(17-20)31-27(32)25(22)26(19-7-5-4-6-8-19)30-21-12-9-18(10-13-21)23(29)15-16-34-2/h4-14,17,23,30H,3,15-16,29H2,1-2H3,(H,31,32). The van der Waals surface area contributed by atoms with Gasteiger partial charge in [0.2, 0.25) is 0 Å². The molecule has 1 aliphatic heterocycles. The third kappa shape index (κ3) is 5.42. The third-order valence-corrected chi connectivity index (χ3v) is 5.83. The highest BCUT2D eigenvalue weighted by atomic mass is 16.5. The van der Waals surface area contributed by atoms with Crippen LogP contribution in [0.1, 0.15) is 46.4 Å². The average Bonchev–Trinajstić information content (AvgIpc) is 3.21. The fourth-order valence-corrected chi connectivity index (χ4v) is 4.02. The van der Waals surface area contributed by atoms with Gasteiger partial charge in [-0.1, -0.05) is 48.5 Å². The molecule has 7 heteroatoms. The zero-order valence-corrected chi connectivity index (χ0v) is 19.8. The highest BCUT2D eigenvalue weighted by molar-refractivity contribution is 6.37. The van der Waals surface area contributed by atoms with E-state index in [4.69, 9.17) is 15.2 Å². The summed E-state index contributed by atoms with van der Waals surface area (Å²) >= 11 is 0. The number of hydrogen-bond acceptors (Lipinski definition) is 6. The molecule has 0 fully saturated rings. The van der Waals surface area contributed by atoms with E-state index in [2.05, 4.69) is 10.6 Å². The number of rotatable bonds is 9. The van der Waals surface area contributed by atoms with E-state index in [0.717, 1.165) is 23.2 Å². The molecule has 35 heavy (non-hydrogen) atoms. The maximum Gasteiger partial charge on any atom is 0.338 e. The minimum Gasteiger partial charge on any atom is -0.462 e. The van der Waals surface area contributed by atoms with Gasteiger partial charge in [0.1, 0.15) is 0 Å². The molecule has 1 heterocycles.